The lowest BCUT2D eigenvalue weighted by Gasteiger charge is -2.33. The van der Waals surface area contributed by atoms with Gasteiger partial charge in [0.25, 0.3) is 0 Å². The number of methoxy groups -OCH3 is 1. The molecule has 1 atom stereocenters. The summed E-state index contributed by atoms with van der Waals surface area (Å²) >= 11 is 0. The molecule has 1 N–H and O–H groups in total. The molecule has 0 radical (unpaired) electrons. The van der Waals surface area contributed by atoms with E-state index in [2.05, 4.69) is 4.72 Å². The van der Waals surface area contributed by atoms with Crippen LogP contribution in [0.1, 0.15) is 17.2 Å². The minimum Gasteiger partial charge on any atom is -0.497 e. The fraction of sp³-hybridized carbons (Fsp3) is 0.350. The zero-order valence-electron chi connectivity index (χ0n) is 15.7. The third kappa shape index (κ3) is 5.54. The molecule has 8 heteroatoms. The first-order valence-corrected chi connectivity index (χ1v) is 10.7. The van der Waals surface area contributed by atoms with Crippen LogP contribution in [0.5, 0.6) is 5.75 Å². The lowest BCUT2D eigenvalue weighted by Crippen LogP contribution is -2.46. The van der Waals surface area contributed by atoms with E-state index in [9.17, 15) is 13.2 Å². The lowest BCUT2D eigenvalue weighted by atomic mass is 10.1. The summed E-state index contributed by atoms with van der Waals surface area (Å²) in [6.45, 7) is 0.996. The Hall–Kier alpha value is -2.42. The van der Waals surface area contributed by atoms with E-state index in [1.165, 1.54) is 7.11 Å². The predicted octanol–water partition coefficient (Wildman–Crippen LogP) is 1.71. The number of amides is 1. The van der Waals surface area contributed by atoms with Crippen LogP contribution in [0.4, 0.5) is 0 Å². The van der Waals surface area contributed by atoms with E-state index >= 15 is 0 Å². The second-order valence-electron chi connectivity index (χ2n) is 6.54. The van der Waals surface area contributed by atoms with Crippen molar-refractivity contribution >= 4 is 15.9 Å². The van der Waals surface area contributed by atoms with Gasteiger partial charge in [-0.2, -0.15) is 0 Å². The summed E-state index contributed by atoms with van der Waals surface area (Å²) in [5.74, 6) is 0.107. The van der Waals surface area contributed by atoms with E-state index in [0.29, 0.717) is 31.0 Å². The molecule has 0 saturated carbocycles. The molecule has 0 spiro atoms. The Labute approximate surface area is 165 Å². The average molecular weight is 404 g/mol. The fourth-order valence-corrected chi connectivity index (χ4v) is 4.13. The highest BCUT2D eigenvalue weighted by atomic mass is 32.2. The SMILES string of the molecule is COc1cccc(CS(=O)(=O)NCC(=O)N2CCOC(c3ccccc3)C2)c1. The average Bonchev–Trinajstić information content (AvgIpc) is 2.72. The maximum atomic E-state index is 12.5. The summed E-state index contributed by atoms with van der Waals surface area (Å²) in [5, 5.41) is 0. The first-order chi connectivity index (χ1) is 13.5. The summed E-state index contributed by atoms with van der Waals surface area (Å²) in [6.07, 6.45) is -0.202. The molecule has 2 aromatic carbocycles. The zero-order valence-corrected chi connectivity index (χ0v) is 16.5. The van der Waals surface area contributed by atoms with Crippen molar-refractivity contribution in [1.82, 2.24) is 9.62 Å². The number of benzene rings is 2. The molecule has 1 aliphatic heterocycles. The van der Waals surface area contributed by atoms with Gasteiger partial charge in [0, 0.05) is 6.54 Å². The van der Waals surface area contributed by atoms with Crippen molar-refractivity contribution in [2.45, 2.75) is 11.9 Å². The second kappa shape index (κ2) is 9.18. The molecule has 1 fully saturated rings. The molecule has 0 bridgehead atoms. The summed E-state index contributed by atoms with van der Waals surface area (Å²) in [7, 11) is -2.12. The van der Waals surface area contributed by atoms with E-state index in [1.54, 1.807) is 29.2 Å². The molecule has 0 aliphatic carbocycles. The van der Waals surface area contributed by atoms with Gasteiger partial charge in [-0.05, 0) is 23.3 Å². The van der Waals surface area contributed by atoms with Crippen LogP contribution in [0.3, 0.4) is 0 Å². The number of morpholine rings is 1. The Morgan fingerprint density at radius 3 is 2.75 bits per heavy atom. The van der Waals surface area contributed by atoms with E-state index < -0.39 is 10.0 Å². The Morgan fingerprint density at radius 2 is 2.00 bits per heavy atom. The lowest BCUT2D eigenvalue weighted by molar-refractivity contribution is -0.137. The van der Waals surface area contributed by atoms with Gasteiger partial charge >= 0.3 is 0 Å². The zero-order chi connectivity index (χ0) is 20.0. The highest BCUT2D eigenvalue weighted by Gasteiger charge is 2.26. The number of hydrogen-bond donors (Lipinski definition) is 1. The largest absolute Gasteiger partial charge is 0.497 e. The smallest absolute Gasteiger partial charge is 0.237 e. The maximum absolute atomic E-state index is 12.5. The summed E-state index contributed by atoms with van der Waals surface area (Å²) in [5.41, 5.74) is 1.59. The van der Waals surface area contributed by atoms with Crippen LogP contribution in [-0.2, 0) is 25.3 Å². The molecule has 7 nitrogen and oxygen atoms in total. The van der Waals surface area contributed by atoms with E-state index in [1.807, 2.05) is 30.3 Å². The van der Waals surface area contributed by atoms with Gasteiger partial charge < -0.3 is 14.4 Å². The van der Waals surface area contributed by atoms with Gasteiger partial charge in [-0.1, -0.05) is 42.5 Å². The minimum atomic E-state index is -3.64. The minimum absolute atomic E-state index is 0.202. The molecule has 28 heavy (non-hydrogen) atoms. The van der Waals surface area contributed by atoms with Crippen molar-refractivity contribution in [3.05, 3.63) is 65.7 Å². The van der Waals surface area contributed by atoms with Gasteiger partial charge in [0.1, 0.15) is 11.9 Å². The number of hydrogen-bond acceptors (Lipinski definition) is 5. The van der Waals surface area contributed by atoms with Crippen molar-refractivity contribution < 1.29 is 22.7 Å². The van der Waals surface area contributed by atoms with Crippen LogP contribution in [0, 0.1) is 0 Å². The van der Waals surface area contributed by atoms with Crippen molar-refractivity contribution in [1.29, 1.82) is 0 Å². The monoisotopic (exact) mass is 404 g/mol. The van der Waals surface area contributed by atoms with Crippen LogP contribution >= 0.6 is 0 Å². The van der Waals surface area contributed by atoms with Gasteiger partial charge in [0.2, 0.25) is 15.9 Å². The third-order valence-electron chi connectivity index (χ3n) is 4.52. The van der Waals surface area contributed by atoms with E-state index in [0.717, 1.165) is 5.56 Å². The first kappa shape index (κ1) is 20.3. The number of carbonyl (C=O) groups excluding carboxylic acids is 1. The summed E-state index contributed by atoms with van der Waals surface area (Å²) in [4.78, 5) is 14.1. The number of rotatable bonds is 7. The Balaban J connectivity index is 1.55. The van der Waals surface area contributed by atoms with Crippen LogP contribution in [0.25, 0.3) is 0 Å². The summed E-state index contributed by atoms with van der Waals surface area (Å²) < 4.78 is 37.9. The van der Waals surface area contributed by atoms with Crippen molar-refractivity contribution in [2.75, 3.05) is 33.4 Å². The van der Waals surface area contributed by atoms with Gasteiger partial charge in [0.05, 0.1) is 32.6 Å². The molecule has 0 aromatic heterocycles. The van der Waals surface area contributed by atoms with E-state index in [-0.39, 0.29) is 24.3 Å². The van der Waals surface area contributed by atoms with E-state index in [4.69, 9.17) is 9.47 Å². The van der Waals surface area contributed by atoms with Gasteiger partial charge in [-0.15, -0.1) is 0 Å². The van der Waals surface area contributed by atoms with Crippen molar-refractivity contribution in [2.24, 2.45) is 0 Å². The molecule has 1 heterocycles. The van der Waals surface area contributed by atoms with Crippen molar-refractivity contribution in [3.63, 3.8) is 0 Å². The number of ether oxygens (including phenoxy) is 2. The molecule has 3 rings (SSSR count). The van der Waals surface area contributed by atoms with Gasteiger partial charge in [-0.25, -0.2) is 13.1 Å². The number of carbonyl (C=O) groups is 1. The molecule has 2 aromatic rings. The van der Waals surface area contributed by atoms with Crippen molar-refractivity contribution in [3.8, 4) is 5.75 Å². The Morgan fingerprint density at radius 1 is 1.21 bits per heavy atom. The normalized spacial score (nSPS) is 17.3. The molecule has 1 amide bonds. The molecule has 1 aliphatic rings. The standard InChI is InChI=1S/C20H24N2O5S/c1-26-18-9-5-6-16(12-18)15-28(24,25)21-13-20(23)22-10-11-27-19(14-22)17-7-3-2-4-8-17/h2-9,12,19,21H,10-11,13-15H2,1H3. The molecular formula is C20H24N2O5S. The van der Waals surface area contributed by atoms with Crippen LogP contribution in [0.2, 0.25) is 0 Å². The predicted molar refractivity (Wildman–Crippen MR) is 105 cm³/mol. The number of sulfonamides is 1. The Bertz CT molecular complexity index is 902. The van der Waals surface area contributed by atoms with Crippen LogP contribution in [-0.4, -0.2) is 52.6 Å². The number of nitrogens with one attached hydrogen (secondary N) is 1. The topological polar surface area (TPSA) is 84.9 Å². The van der Waals surface area contributed by atoms with Crippen LogP contribution < -0.4 is 9.46 Å². The molecule has 1 unspecified atom stereocenters. The molecule has 1 saturated heterocycles. The number of nitrogens with zero attached hydrogens (tertiary/aromatic N) is 1. The highest BCUT2D eigenvalue weighted by molar-refractivity contribution is 7.88. The van der Waals surface area contributed by atoms with Crippen LogP contribution in [0.15, 0.2) is 54.6 Å². The summed E-state index contributed by atoms with van der Waals surface area (Å²) in [6, 6.07) is 16.5. The quantitative estimate of drug-likeness (QED) is 0.760. The fourth-order valence-electron chi connectivity index (χ4n) is 3.06. The highest BCUT2D eigenvalue weighted by Crippen LogP contribution is 2.22. The molecular weight excluding hydrogens is 380 g/mol. The maximum Gasteiger partial charge on any atom is 0.237 e. The third-order valence-corrected chi connectivity index (χ3v) is 5.82. The first-order valence-electron chi connectivity index (χ1n) is 9.01. The van der Waals surface area contributed by atoms with Gasteiger partial charge in [-0.3, -0.25) is 4.79 Å². The Kier molecular flexibility index (Phi) is 6.66. The second-order valence-corrected chi connectivity index (χ2v) is 8.35. The van der Waals surface area contributed by atoms with Gasteiger partial charge in [0.15, 0.2) is 0 Å². The molecule has 150 valence electrons.